The van der Waals surface area contributed by atoms with Crippen molar-refractivity contribution in [1.82, 2.24) is 4.98 Å². The lowest BCUT2D eigenvalue weighted by atomic mass is 10.2. The van der Waals surface area contributed by atoms with E-state index in [4.69, 9.17) is 0 Å². The predicted octanol–water partition coefficient (Wildman–Crippen LogP) is 3.14. The third-order valence-electron chi connectivity index (χ3n) is 2.31. The van der Waals surface area contributed by atoms with Crippen LogP contribution >= 0.6 is 11.3 Å². The van der Waals surface area contributed by atoms with E-state index in [-0.39, 0.29) is 5.91 Å². The summed E-state index contributed by atoms with van der Waals surface area (Å²) in [4.78, 5) is 15.4. The minimum atomic E-state index is -0.323. The lowest BCUT2D eigenvalue weighted by Crippen LogP contribution is -1.81. The molecule has 0 N–H and O–H groups in total. The van der Waals surface area contributed by atoms with Gasteiger partial charge in [-0.15, -0.1) is 21.6 Å². The number of thiazole rings is 1. The molecule has 0 spiro atoms. The summed E-state index contributed by atoms with van der Waals surface area (Å²) in [6.07, 6.45) is 1.40. The first-order valence-electron chi connectivity index (χ1n) is 5.02. The Hall–Kier alpha value is -2.14. The highest BCUT2D eigenvalue weighted by Gasteiger charge is 2.14. The fourth-order valence-electron chi connectivity index (χ4n) is 1.52. The Bertz CT molecular complexity index is 628. The molecule has 82 valence electrons. The molecular formula is C12H7N3OS. The molecule has 0 aliphatic carbocycles. The van der Waals surface area contributed by atoms with Gasteiger partial charge in [0, 0.05) is 17.0 Å². The van der Waals surface area contributed by atoms with Crippen LogP contribution in [0.15, 0.2) is 52.0 Å². The van der Waals surface area contributed by atoms with Crippen molar-refractivity contribution >= 4 is 22.9 Å². The van der Waals surface area contributed by atoms with Crippen LogP contribution in [0.4, 0.5) is 0 Å². The first kappa shape index (κ1) is 10.0. The van der Waals surface area contributed by atoms with Gasteiger partial charge in [0.2, 0.25) is 0 Å². The van der Waals surface area contributed by atoms with Gasteiger partial charge in [-0.05, 0) is 0 Å². The van der Waals surface area contributed by atoms with Crippen LogP contribution in [0, 0.1) is 0 Å². The highest BCUT2D eigenvalue weighted by molar-refractivity contribution is 7.11. The summed E-state index contributed by atoms with van der Waals surface area (Å²) in [6, 6.07) is 9.88. The Balaban J connectivity index is 1.97. The highest BCUT2D eigenvalue weighted by atomic mass is 32.1. The first-order chi connectivity index (χ1) is 8.33. The molecule has 1 aliphatic rings. The quantitative estimate of drug-likeness (QED) is 0.811. The topological polar surface area (TPSA) is 54.7 Å². The first-order valence-corrected chi connectivity index (χ1v) is 5.89. The number of rotatable bonds is 2. The molecule has 0 saturated heterocycles. The molecule has 0 fully saturated rings. The molecule has 0 radical (unpaired) electrons. The summed E-state index contributed by atoms with van der Waals surface area (Å²) >= 11 is 1.46. The zero-order valence-electron chi connectivity index (χ0n) is 8.70. The Morgan fingerprint density at radius 2 is 1.88 bits per heavy atom. The lowest BCUT2D eigenvalue weighted by molar-refractivity contribution is -0.113. The van der Waals surface area contributed by atoms with E-state index < -0.39 is 0 Å². The normalized spacial score (nSPS) is 14.1. The number of hydrogen-bond acceptors (Lipinski definition) is 4. The maximum atomic E-state index is 10.9. The zero-order valence-corrected chi connectivity index (χ0v) is 9.52. The van der Waals surface area contributed by atoms with Gasteiger partial charge in [-0.25, -0.2) is 4.98 Å². The van der Waals surface area contributed by atoms with Gasteiger partial charge in [0.15, 0.2) is 0 Å². The van der Waals surface area contributed by atoms with Gasteiger partial charge in [-0.1, -0.05) is 30.3 Å². The van der Waals surface area contributed by atoms with Crippen LogP contribution in [-0.4, -0.2) is 10.9 Å². The summed E-state index contributed by atoms with van der Waals surface area (Å²) < 4.78 is 0. The number of benzene rings is 1. The summed E-state index contributed by atoms with van der Waals surface area (Å²) in [5.74, 6) is -0.323. The number of nitrogens with zero attached hydrogens (tertiary/aromatic N) is 3. The van der Waals surface area contributed by atoms with Crippen molar-refractivity contribution in [2.24, 2.45) is 10.2 Å². The number of hydrogen-bond donors (Lipinski definition) is 0. The molecule has 1 aromatic heterocycles. The maximum absolute atomic E-state index is 10.9. The van der Waals surface area contributed by atoms with Gasteiger partial charge in [-0.2, -0.15) is 0 Å². The molecular weight excluding hydrogens is 234 g/mol. The number of carbonyl (C=O) groups excluding carboxylic acids is 1. The maximum Gasteiger partial charge on any atom is 0.290 e. The summed E-state index contributed by atoms with van der Waals surface area (Å²) in [7, 11) is 0. The molecule has 5 heteroatoms. The van der Waals surface area contributed by atoms with Crippen molar-refractivity contribution in [3.05, 3.63) is 46.8 Å². The fourth-order valence-corrected chi connectivity index (χ4v) is 2.30. The predicted molar refractivity (Wildman–Crippen MR) is 65.4 cm³/mol. The molecule has 0 unspecified atom stereocenters. The highest BCUT2D eigenvalue weighted by Crippen LogP contribution is 2.28. The molecule has 17 heavy (non-hydrogen) atoms. The molecule has 0 atom stereocenters. The van der Waals surface area contributed by atoms with E-state index in [2.05, 4.69) is 15.2 Å². The molecule has 4 nitrogen and oxygen atoms in total. The van der Waals surface area contributed by atoms with E-state index in [1.165, 1.54) is 17.4 Å². The van der Waals surface area contributed by atoms with Crippen LogP contribution in [0.2, 0.25) is 0 Å². The summed E-state index contributed by atoms with van der Waals surface area (Å²) in [5.41, 5.74) is 2.49. The minimum absolute atomic E-state index is 0.323. The number of aromatic nitrogens is 1. The molecule has 1 amide bonds. The van der Waals surface area contributed by atoms with E-state index in [9.17, 15) is 4.79 Å². The van der Waals surface area contributed by atoms with Gasteiger partial charge in [0.25, 0.3) is 5.91 Å². The van der Waals surface area contributed by atoms with E-state index in [1.54, 1.807) is 0 Å². The van der Waals surface area contributed by atoms with Crippen LogP contribution in [0.3, 0.4) is 0 Å². The number of amides is 1. The summed E-state index contributed by atoms with van der Waals surface area (Å²) in [6.45, 7) is 0. The second-order valence-corrected chi connectivity index (χ2v) is 4.33. The van der Waals surface area contributed by atoms with Crippen molar-refractivity contribution in [1.29, 1.82) is 0 Å². The molecule has 2 heterocycles. The van der Waals surface area contributed by atoms with E-state index in [1.807, 2.05) is 35.7 Å². The van der Waals surface area contributed by atoms with Crippen molar-refractivity contribution in [3.63, 3.8) is 0 Å². The van der Waals surface area contributed by atoms with Crippen LogP contribution < -0.4 is 0 Å². The fraction of sp³-hybridized carbons (Fsp3) is 0. The second kappa shape index (κ2) is 4.03. The number of carbonyl (C=O) groups is 1. The van der Waals surface area contributed by atoms with Gasteiger partial charge in [-0.3, -0.25) is 4.79 Å². The standard InChI is InChI=1S/C12H7N3OS/c16-11-6-9(14-15-11)12-13-10(7-17-12)8-4-2-1-3-5-8/h1-7H. The lowest BCUT2D eigenvalue weighted by Gasteiger charge is -1.93. The third-order valence-corrected chi connectivity index (χ3v) is 3.17. The van der Waals surface area contributed by atoms with Crippen LogP contribution in [0.25, 0.3) is 17.0 Å². The second-order valence-electron chi connectivity index (χ2n) is 3.47. The molecule has 3 rings (SSSR count). The van der Waals surface area contributed by atoms with Crippen molar-refractivity contribution in [2.75, 3.05) is 0 Å². The van der Waals surface area contributed by atoms with Crippen LogP contribution in [-0.2, 0) is 4.79 Å². The average molecular weight is 241 g/mol. The average Bonchev–Trinajstić information content (AvgIpc) is 2.98. The van der Waals surface area contributed by atoms with E-state index >= 15 is 0 Å². The monoisotopic (exact) mass is 241 g/mol. The Morgan fingerprint density at radius 1 is 1.06 bits per heavy atom. The minimum Gasteiger partial charge on any atom is -0.266 e. The molecule has 2 aromatic rings. The van der Waals surface area contributed by atoms with Gasteiger partial charge in [0.1, 0.15) is 10.7 Å². The Kier molecular flexibility index (Phi) is 2.38. The van der Waals surface area contributed by atoms with Gasteiger partial charge in [0.05, 0.1) is 5.69 Å². The van der Waals surface area contributed by atoms with Gasteiger partial charge >= 0.3 is 0 Å². The molecule has 0 saturated carbocycles. The van der Waals surface area contributed by atoms with Crippen LogP contribution in [0.1, 0.15) is 5.01 Å². The van der Waals surface area contributed by atoms with Crippen molar-refractivity contribution in [2.45, 2.75) is 0 Å². The van der Waals surface area contributed by atoms with Gasteiger partial charge < -0.3 is 0 Å². The van der Waals surface area contributed by atoms with Crippen molar-refractivity contribution in [3.8, 4) is 11.3 Å². The summed E-state index contributed by atoms with van der Waals surface area (Å²) in [5, 5.41) is 9.88. The SMILES string of the molecule is O=C1C=C(c2nc(-c3ccccc3)cs2)N=N1. The van der Waals surface area contributed by atoms with E-state index in [0.717, 1.165) is 16.3 Å². The largest absolute Gasteiger partial charge is 0.290 e. The zero-order chi connectivity index (χ0) is 11.7. The Morgan fingerprint density at radius 3 is 2.59 bits per heavy atom. The smallest absolute Gasteiger partial charge is 0.266 e. The molecule has 0 bridgehead atoms. The molecule has 1 aromatic carbocycles. The Labute approximate surface area is 101 Å². The van der Waals surface area contributed by atoms with E-state index in [0.29, 0.717) is 5.70 Å². The van der Waals surface area contributed by atoms with Crippen LogP contribution in [0.5, 0.6) is 0 Å². The third kappa shape index (κ3) is 1.92. The number of azo groups is 1. The van der Waals surface area contributed by atoms with Crippen molar-refractivity contribution < 1.29 is 4.79 Å². The molecule has 1 aliphatic heterocycles.